The number of benzene rings is 1. The molecule has 0 atom stereocenters. The number of aromatic nitrogens is 2. The van der Waals surface area contributed by atoms with Crippen LogP contribution in [-0.4, -0.2) is 15.1 Å². The quantitative estimate of drug-likeness (QED) is 0.474. The fourth-order valence-corrected chi connectivity index (χ4v) is 1.89. The molecule has 82 valence electrons. The molecular weight excluding hydrogens is 230 g/mol. The molecule has 0 aliphatic rings. The van der Waals surface area contributed by atoms with E-state index in [1.54, 1.807) is 18.2 Å². The molecule has 2 rings (SSSR count). The van der Waals surface area contributed by atoms with Crippen molar-refractivity contribution in [3.63, 3.8) is 0 Å². The molecule has 1 aromatic heterocycles. The summed E-state index contributed by atoms with van der Waals surface area (Å²) in [7, 11) is 0. The van der Waals surface area contributed by atoms with Gasteiger partial charge < -0.3 is 0 Å². The second kappa shape index (κ2) is 4.21. The Kier molecular flexibility index (Phi) is 2.75. The molecule has 16 heavy (non-hydrogen) atoms. The summed E-state index contributed by atoms with van der Waals surface area (Å²) in [6.45, 7) is 0. The van der Waals surface area contributed by atoms with E-state index in [-0.39, 0.29) is 5.69 Å². The van der Waals surface area contributed by atoms with Crippen molar-refractivity contribution in [1.29, 1.82) is 0 Å². The Labute approximate surface area is 94.0 Å². The van der Waals surface area contributed by atoms with E-state index in [0.29, 0.717) is 15.7 Å². The van der Waals surface area contributed by atoms with Crippen LogP contribution in [0.1, 0.15) is 0 Å². The van der Waals surface area contributed by atoms with Crippen LogP contribution in [0.4, 0.5) is 10.8 Å². The first kappa shape index (κ1) is 10.5. The normalized spacial score (nSPS) is 10.1. The molecule has 0 bridgehead atoms. The first-order valence-electron chi connectivity index (χ1n) is 4.26. The van der Waals surface area contributed by atoms with Gasteiger partial charge in [-0.25, -0.2) is 5.84 Å². The minimum absolute atomic E-state index is 0.00206. The number of hydrogen-bond acceptors (Lipinski definition) is 7. The molecule has 3 N–H and O–H groups in total. The summed E-state index contributed by atoms with van der Waals surface area (Å²) >= 11 is 1.15. The summed E-state index contributed by atoms with van der Waals surface area (Å²) in [4.78, 5) is 10.3. The monoisotopic (exact) mass is 237 g/mol. The Bertz CT molecular complexity index is 527. The fourth-order valence-electron chi connectivity index (χ4n) is 1.20. The lowest BCUT2D eigenvalue weighted by Crippen LogP contribution is -2.05. The number of nitrogen functional groups attached to an aromatic ring is 1. The van der Waals surface area contributed by atoms with E-state index in [0.717, 1.165) is 11.3 Å². The fraction of sp³-hybridized carbons (Fsp3) is 0. The number of hydrogen-bond donors (Lipinski definition) is 2. The third-order valence-corrected chi connectivity index (χ3v) is 2.77. The Morgan fingerprint density at radius 2 is 2.12 bits per heavy atom. The molecule has 2 aromatic rings. The number of nitrogens with two attached hydrogens (primary N) is 1. The molecule has 0 amide bonds. The maximum absolute atomic E-state index is 10.8. The molecule has 1 heterocycles. The Morgan fingerprint density at radius 3 is 2.75 bits per heavy atom. The number of nitrogens with one attached hydrogen (secondary N) is 1. The average molecular weight is 237 g/mol. The van der Waals surface area contributed by atoms with Gasteiger partial charge in [0.1, 0.15) is 0 Å². The van der Waals surface area contributed by atoms with Crippen molar-refractivity contribution >= 4 is 22.2 Å². The summed E-state index contributed by atoms with van der Waals surface area (Å²) in [6.07, 6.45) is 0. The van der Waals surface area contributed by atoms with Crippen LogP contribution >= 0.6 is 11.3 Å². The van der Waals surface area contributed by atoms with Gasteiger partial charge in [-0.1, -0.05) is 23.5 Å². The molecule has 0 fully saturated rings. The molecule has 0 aliphatic carbocycles. The second-order valence-electron chi connectivity index (χ2n) is 2.83. The van der Waals surface area contributed by atoms with Gasteiger partial charge in [-0.15, -0.1) is 10.2 Å². The summed E-state index contributed by atoms with van der Waals surface area (Å²) in [5, 5.41) is 19.2. The van der Waals surface area contributed by atoms with Gasteiger partial charge >= 0.3 is 0 Å². The highest BCUT2D eigenvalue weighted by Gasteiger charge is 2.17. The van der Waals surface area contributed by atoms with Crippen molar-refractivity contribution in [1.82, 2.24) is 10.2 Å². The van der Waals surface area contributed by atoms with Crippen molar-refractivity contribution in [2.75, 3.05) is 5.43 Å². The summed E-state index contributed by atoms with van der Waals surface area (Å²) in [6, 6.07) is 6.36. The van der Waals surface area contributed by atoms with E-state index in [4.69, 9.17) is 5.84 Å². The zero-order valence-electron chi connectivity index (χ0n) is 7.95. The highest BCUT2D eigenvalue weighted by atomic mass is 32.1. The lowest BCUT2D eigenvalue weighted by atomic mass is 10.2. The SMILES string of the molecule is NNc1nnc(-c2ccccc2[N+](=O)[O-])s1. The van der Waals surface area contributed by atoms with E-state index in [9.17, 15) is 10.1 Å². The number of hydrazine groups is 1. The molecule has 0 saturated carbocycles. The van der Waals surface area contributed by atoms with E-state index >= 15 is 0 Å². The molecule has 0 aliphatic heterocycles. The number of nitrogens with zero attached hydrogens (tertiary/aromatic N) is 3. The summed E-state index contributed by atoms with van der Waals surface area (Å²) in [5.74, 6) is 5.16. The Balaban J connectivity index is 2.50. The highest BCUT2D eigenvalue weighted by Crippen LogP contribution is 2.32. The van der Waals surface area contributed by atoms with Crippen LogP contribution < -0.4 is 11.3 Å². The minimum Gasteiger partial charge on any atom is -0.298 e. The molecule has 0 radical (unpaired) electrons. The van der Waals surface area contributed by atoms with Gasteiger partial charge in [0.05, 0.1) is 10.5 Å². The smallest absolute Gasteiger partial charge is 0.279 e. The van der Waals surface area contributed by atoms with Crippen LogP contribution in [0.15, 0.2) is 24.3 Å². The lowest BCUT2D eigenvalue weighted by Gasteiger charge is -1.96. The maximum atomic E-state index is 10.8. The number of para-hydroxylation sites is 1. The Hall–Kier alpha value is -2.06. The number of anilines is 1. The van der Waals surface area contributed by atoms with Gasteiger partial charge in [0.15, 0.2) is 5.01 Å². The van der Waals surface area contributed by atoms with E-state index in [2.05, 4.69) is 15.6 Å². The van der Waals surface area contributed by atoms with Gasteiger partial charge in [0, 0.05) is 6.07 Å². The zero-order chi connectivity index (χ0) is 11.5. The highest BCUT2D eigenvalue weighted by molar-refractivity contribution is 7.18. The third-order valence-electron chi connectivity index (χ3n) is 1.88. The van der Waals surface area contributed by atoms with Crippen LogP contribution in [0.3, 0.4) is 0 Å². The van der Waals surface area contributed by atoms with Gasteiger partial charge in [-0.05, 0) is 6.07 Å². The maximum Gasteiger partial charge on any atom is 0.279 e. The van der Waals surface area contributed by atoms with Crippen LogP contribution in [0.25, 0.3) is 10.6 Å². The van der Waals surface area contributed by atoms with Crippen molar-refractivity contribution < 1.29 is 4.92 Å². The summed E-state index contributed by atoms with van der Waals surface area (Å²) < 4.78 is 0. The van der Waals surface area contributed by atoms with E-state index in [1.165, 1.54) is 6.07 Å². The summed E-state index contributed by atoms with van der Waals surface area (Å²) in [5.41, 5.74) is 2.78. The first-order valence-corrected chi connectivity index (χ1v) is 5.08. The molecule has 0 saturated heterocycles. The third kappa shape index (κ3) is 1.83. The number of nitro benzene ring substituents is 1. The van der Waals surface area contributed by atoms with Gasteiger partial charge in [-0.2, -0.15) is 0 Å². The number of rotatable bonds is 3. The van der Waals surface area contributed by atoms with Crippen molar-refractivity contribution in [2.45, 2.75) is 0 Å². The van der Waals surface area contributed by atoms with E-state index in [1.807, 2.05) is 0 Å². The van der Waals surface area contributed by atoms with Crippen molar-refractivity contribution in [3.8, 4) is 10.6 Å². The first-order chi connectivity index (χ1) is 7.72. The van der Waals surface area contributed by atoms with Crippen molar-refractivity contribution in [3.05, 3.63) is 34.4 Å². The second-order valence-corrected chi connectivity index (χ2v) is 3.81. The van der Waals surface area contributed by atoms with Crippen molar-refractivity contribution in [2.24, 2.45) is 5.84 Å². The van der Waals surface area contributed by atoms with Crippen LogP contribution in [0.5, 0.6) is 0 Å². The molecule has 0 spiro atoms. The number of nitro groups is 1. The largest absolute Gasteiger partial charge is 0.298 e. The molecule has 0 unspecified atom stereocenters. The van der Waals surface area contributed by atoms with Gasteiger partial charge in [-0.3, -0.25) is 15.5 Å². The predicted molar refractivity (Wildman–Crippen MR) is 59.8 cm³/mol. The molecule has 1 aromatic carbocycles. The van der Waals surface area contributed by atoms with Crippen LogP contribution in [0, 0.1) is 10.1 Å². The average Bonchev–Trinajstić information content (AvgIpc) is 2.77. The zero-order valence-corrected chi connectivity index (χ0v) is 8.77. The molecule has 8 heteroatoms. The van der Waals surface area contributed by atoms with Crippen LogP contribution in [0.2, 0.25) is 0 Å². The van der Waals surface area contributed by atoms with Crippen LogP contribution in [-0.2, 0) is 0 Å². The predicted octanol–water partition coefficient (Wildman–Crippen LogP) is 1.40. The lowest BCUT2D eigenvalue weighted by molar-refractivity contribution is -0.384. The molecule has 7 nitrogen and oxygen atoms in total. The Morgan fingerprint density at radius 1 is 1.38 bits per heavy atom. The minimum atomic E-state index is -0.452. The molecular formula is C8H7N5O2S. The van der Waals surface area contributed by atoms with Gasteiger partial charge in [0.25, 0.3) is 5.69 Å². The van der Waals surface area contributed by atoms with E-state index < -0.39 is 4.92 Å². The standard InChI is InChI=1S/C8H7N5O2S/c9-10-8-12-11-7(16-8)5-3-1-2-4-6(5)13(14)15/h1-4H,9H2,(H,10,12). The van der Waals surface area contributed by atoms with Gasteiger partial charge in [0.2, 0.25) is 5.13 Å². The topological polar surface area (TPSA) is 107 Å².